The van der Waals surface area contributed by atoms with E-state index in [-0.39, 0.29) is 6.61 Å². The fourth-order valence-corrected chi connectivity index (χ4v) is 2.21. The predicted octanol–water partition coefficient (Wildman–Crippen LogP) is 0.413. The lowest BCUT2D eigenvalue weighted by atomic mass is 10.3. The zero-order valence-corrected chi connectivity index (χ0v) is 11.5. The summed E-state index contributed by atoms with van der Waals surface area (Å²) < 4.78 is 0. The number of aliphatic hydroxyl groups is 1. The molecule has 1 saturated heterocycles. The summed E-state index contributed by atoms with van der Waals surface area (Å²) >= 11 is 0. The summed E-state index contributed by atoms with van der Waals surface area (Å²) in [4.78, 5) is 13.3. The third-order valence-corrected chi connectivity index (χ3v) is 3.44. The average Bonchev–Trinajstić information content (AvgIpc) is 2.48. The second-order valence-electron chi connectivity index (χ2n) is 4.69. The molecular weight excluding hydrogens is 242 g/mol. The third kappa shape index (κ3) is 4.04. The lowest BCUT2D eigenvalue weighted by Crippen LogP contribution is -2.46. The highest BCUT2D eigenvalue weighted by Crippen LogP contribution is 2.16. The van der Waals surface area contributed by atoms with Gasteiger partial charge in [0.2, 0.25) is 0 Å². The maximum Gasteiger partial charge on any atom is 0.134 e. The number of rotatable bonds is 6. The fraction of sp³-hybridized carbons (Fsp3) is 0.692. The van der Waals surface area contributed by atoms with E-state index in [9.17, 15) is 0 Å². The lowest BCUT2D eigenvalue weighted by Gasteiger charge is -2.34. The Morgan fingerprint density at radius 2 is 2.05 bits per heavy atom. The van der Waals surface area contributed by atoms with Gasteiger partial charge in [-0.15, -0.1) is 0 Å². The standard InChI is InChI=1S/C13H23N5O/c1-2-17-5-7-18(8-6-17)13-10-12(15-11-16-13)14-4-3-9-19/h10-11,19H,2-9H2,1H3,(H,14,15,16). The molecule has 0 aliphatic carbocycles. The van der Waals surface area contributed by atoms with Crippen molar-refractivity contribution in [2.75, 3.05) is 56.1 Å². The Hall–Kier alpha value is -1.40. The van der Waals surface area contributed by atoms with Crippen LogP contribution in [0.5, 0.6) is 0 Å². The van der Waals surface area contributed by atoms with Crippen molar-refractivity contribution in [1.29, 1.82) is 0 Å². The summed E-state index contributed by atoms with van der Waals surface area (Å²) in [5, 5.41) is 12.0. The largest absolute Gasteiger partial charge is 0.396 e. The molecule has 0 unspecified atom stereocenters. The van der Waals surface area contributed by atoms with E-state index in [4.69, 9.17) is 5.11 Å². The molecule has 2 N–H and O–H groups in total. The Morgan fingerprint density at radius 3 is 2.74 bits per heavy atom. The van der Waals surface area contributed by atoms with Gasteiger partial charge >= 0.3 is 0 Å². The summed E-state index contributed by atoms with van der Waals surface area (Å²) in [5.41, 5.74) is 0. The third-order valence-electron chi connectivity index (χ3n) is 3.44. The van der Waals surface area contributed by atoms with Crippen LogP contribution < -0.4 is 10.2 Å². The van der Waals surface area contributed by atoms with Gasteiger partial charge in [0.05, 0.1) is 0 Å². The summed E-state index contributed by atoms with van der Waals surface area (Å²) in [5.74, 6) is 1.81. The molecule has 6 heteroatoms. The van der Waals surface area contributed by atoms with Crippen molar-refractivity contribution >= 4 is 11.6 Å². The molecule has 106 valence electrons. The van der Waals surface area contributed by atoms with Crippen molar-refractivity contribution in [1.82, 2.24) is 14.9 Å². The molecule has 1 aromatic rings. The Morgan fingerprint density at radius 1 is 1.26 bits per heavy atom. The van der Waals surface area contributed by atoms with Crippen LogP contribution in [-0.4, -0.2) is 65.8 Å². The van der Waals surface area contributed by atoms with Gasteiger partial charge in [0.1, 0.15) is 18.0 Å². The number of nitrogens with zero attached hydrogens (tertiary/aromatic N) is 4. The van der Waals surface area contributed by atoms with Crippen LogP contribution in [0.2, 0.25) is 0 Å². The maximum absolute atomic E-state index is 8.77. The SMILES string of the molecule is CCN1CCN(c2cc(NCCCO)ncn2)CC1. The second-order valence-corrected chi connectivity index (χ2v) is 4.69. The molecule has 2 rings (SSSR count). The summed E-state index contributed by atoms with van der Waals surface area (Å²) in [6.07, 6.45) is 2.33. The molecule has 2 heterocycles. The molecule has 1 aliphatic rings. The fourth-order valence-electron chi connectivity index (χ4n) is 2.21. The monoisotopic (exact) mass is 265 g/mol. The van der Waals surface area contributed by atoms with Gasteiger partial charge < -0.3 is 20.2 Å². The highest BCUT2D eigenvalue weighted by molar-refractivity contribution is 5.48. The molecule has 6 nitrogen and oxygen atoms in total. The molecule has 0 atom stereocenters. The predicted molar refractivity (Wildman–Crippen MR) is 76.6 cm³/mol. The van der Waals surface area contributed by atoms with Crippen molar-refractivity contribution in [3.63, 3.8) is 0 Å². The van der Waals surface area contributed by atoms with Crippen LogP contribution in [0.15, 0.2) is 12.4 Å². The Bertz CT molecular complexity index is 379. The van der Waals surface area contributed by atoms with Crippen LogP contribution in [0.25, 0.3) is 0 Å². The number of anilines is 2. The van der Waals surface area contributed by atoms with Gasteiger partial charge in [-0.3, -0.25) is 0 Å². The van der Waals surface area contributed by atoms with Gasteiger partial charge in [0, 0.05) is 45.4 Å². The van der Waals surface area contributed by atoms with Crippen LogP contribution in [0.3, 0.4) is 0 Å². The van der Waals surface area contributed by atoms with Gasteiger partial charge in [0.15, 0.2) is 0 Å². The average molecular weight is 265 g/mol. The molecule has 0 radical (unpaired) electrons. The van der Waals surface area contributed by atoms with Crippen LogP contribution >= 0.6 is 0 Å². The van der Waals surface area contributed by atoms with Crippen LogP contribution in [-0.2, 0) is 0 Å². The van der Waals surface area contributed by atoms with E-state index in [1.807, 2.05) is 6.07 Å². The first-order valence-electron chi connectivity index (χ1n) is 6.97. The number of hydrogen-bond donors (Lipinski definition) is 2. The van der Waals surface area contributed by atoms with E-state index in [1.54, 1.807) is 6.33 Å². The lowest BCUT2D eigenvalue weighted by molar-refractivity contribution is 0.270. The van der Waals surface area contributed by atoms with Gasteiger partial charge in [-0.1, -0.05) is 6.92 Å². The van der Waals surface area contributed by atoms with E-state index < -0.39 is 0 Å². The minimum absolute atomic E-state index is 0.198. The van der Waals surface area contributed by atoms with Gasteiger partial charge in [-0.25, -0.2) is 9.97 Å². The Balaban J connectivity index is 1.91. The highest BCUT2D eigenvalue weighted by atomic mass is 16.3. The molecule has 1 fully saturated rings. The Kier molecular flexibility index (Phi) is 5.35. The zero-order valence-electron chi connectivity index (χ0n) is 11.5. The van der Waals surface area contributed by atoms with Crippen molar-refractivity contribution in [2.45, 2.75) is 13.3 Å². The molecule has 0 aromatic carbocycles. The van der Waals surface area contributed by atoms with Crippen LogP contribution in [0, 0.1) is 0 Å². The van der Waals surface area contributed by atoms with Crippen molar-refractivity contribution < 1.29 is 5.11 Å². The zero-order chi connectivity index (χ0) is 13.5. The van der Waals surface area contributed by atoms with Gasteiger partial charge in [-0.05, 0) is 13.0 Å². The van der Waals surface area contributed by atoms with E-state index >= 15 is 0 Å². The normalized spacial score (nSPS) is 16.6. The molecule has 0 saturated carbocycles. The second kappa shape index (κ2) is 7.25. The van der Waals surface area contributed by atoms with E-state index in [1.165, 1.54) is 0 Å². The number of nitrogens with one attached hydrogen (secondary N) is 1. The summed E-state index contributed by atoms with van der Waals surface area (Å²) in [6.45, 7) is 8.46. The number of likely N-dealkylation sites (N-methyl/N-ethyl adjacent to an activating group) is 1. The van der Waals surface area contributed by atoms with E-state index in [0.717, 1.165) is 57.3 Å². The number of aliphatic hydroxyl groups excluding tert-OH is 1. The van der Waals surface area contributed by atoms with Gasteiger partial charge in [0.25, 0.3) is 0 Å². The smallest absolute Gasteiger partial charge is 0.134 e. The number of aromatic nitrogens is 2. The quantitative estimate of drug-likeness (QED) is 0.727. The molecular formula is C13H23N5O. The van der Waals surface area contributed by atoms with Crippen LogP contribution in [0.4, 0.5) is 11.6 Å². The number of piperazine rings is 1. The first-order valence-corrected chi connectivity index (χ1v) is 6.97. The van der Waals surface area contributed by atoms with Crippen molar-refractivity contribution in [3.05, 3.63) is 12.4 Å². The number of hydrogen-bond acceptors (Lipinski definition) is 6. The van der Waals surface area contributed by atoms with Gasteiger partial charge in [-0.2, -0.15) is 0 Å². The Labute approximate surface area is 114 Å². The first-order chi connectivity index (χ1) is 9.33. The summed E-state index contributed by atoms with van der Waals surface area (Å²) in [6, 6.07) is 1.99. The highest BCUT2D eigenvalue weighted by Gasteiger charge is 2.16. The molecule has 0 bridgehead atoms. The molecule has 1 aliphatic heterocycles. The van der Waals surface area contributed by atoms with Crippen molar-refractivity contribution in [3.8, 4) is 0 Å². The summed E-state index contributed by atoms with van der Waals surface area (Å²) in [7, 11) is 0. The molecule has 19 heavy (non-hydrogen) atoms. The first kappa shape index (κ1) is 14.0. The molecule has 1 aromatic heterocycles. The topological polar surface area (TPSA) is 64.5 Å². The van der Waals surface area contributed by atoms with E-state index in [0.29, 0.717) is 0 Å². The van der Waals surface area contributed by atoms with Crippen LogP contribution in [0.1, 0.15) is 13.3 Å². The maximum atomic E-state index is 8.77. The minimum Gasteiger partial charge on any atom is -0.396 e. The molecule has 0 amide bonds. The van der Waals surface area contributed by atoms with E-state index in [2.05, 4.69) is 32.0 Å². The minimum atomic E-state index is 0.198. The molecule has 0 spiro atoms. The van der Waals surface area contributed by atoms with Crippen molar-refractivity contribution in [2.24, 2.45) is 0 Å².